The number of carbonyl (C=O) groups excluding carboxylic acids is 1. The van der Waals surface area contributed by atoms with Gasteiger partial charge < -0.3 is 9.64 Å². The summed E-state index contributed by atoms with van der Waals surface area (Å²) in [5.74, 6) is 0.0458. The molecule has 0 unspecified atom stereocenters. The summed E-state index contributed by atoms with van der Waals surface area (Å²) in [5, 5.41) is 0. The third-order valence-corrected chi connectivity index (χ3v) is 7.29. The molecule has 1 aromatic carbocycles. The van der Waals surface area contributed by atoms with Crippen molar-refractivity contribution in [2.75, 3.05) is 26.0 Å². The lowest BCUT2D eigenvalue weighted by molar-refractivity contribution is -0.141. The fourth-order valence-electron chi connectivity index (χ4n) is 4.65. The number of nitrogens with zero attached hydrogens (tertiary/aromatic N) is 2. The number of morpholine rings is 1. The van der Waals surface area contributed by atoms with Gasteiger partial charge in [-0.15, -0.1) is 0 Å². The Kier molecular flexibility index (Phi) is 4.79. The van der Waals surface area contributed by atoms with E-state index in [-0.39, 0.29) is 24.0 Å². The van der Waals surface area contributed by atoms with Crippen LogP contribution in [0.15, 0.2) is 24.3 Å². The van der Waals surface area contributed by atoms with E-state index in [0.717, 1.165) is 25.8 Å². The summed E-state index contributed by atoms with van der Waals surface area (Å²) in [6, 6.07) is 8.07. The van der Waals surface area contributed by atoms with Gasteiger partial charge in [0.2, 0.25) is 15.9 Å². The van der Waals surface area contributed by atoms with Crippen molar-refractivity contribution >= 4 is 15.9 Å². The Morgan fingerprint density at radius 1 is 1.15 bits per heavy atom. The summed E-state index contributed by atoms with van der Waals surface area (Å²) in [6.07, 6.45) is 4.15. The van der Waals surface area contributed by atoms with Gasteiger partial charge in [0.1, 0.15) is 0 Å². The summed E-state index contributed by atoms with van der Waals surface area (Å²) in [4.78, 5) is 15.1. The highest BCUT2D eigenvalue weighted by atomic mass is 32.2. The van der Waals surface area contributed by atoms with Crippen molar-refractivity contribution in [3.8, 4) is 0 Å². The molecule has 2 aliphatic heterocycles. The molecule has 26 heavy (non-hydrogen) atoms. The molecule has 0 spiro atoms. The number of hydrogen-bond acceptors (Lipinski definition) is 4. The Balaban J connectivity index is 1.48. The molecule has 0 N–H and O–H groups in total. The normalized spacial score (nSPS) is 29.7. The summed E-state index contributed by atoms with van der Waals surface area (Å²) < 4.78 is 31.6. The van der Waals surface area contributed by atoms with Crippen LogP contribution in [0, 0.1) is 5.92 Å². The SMILES string of the molecule is CS(=O)(=O)N1CCO[C@@H]2CC[C@H](C(=O)N3CCc4ccccc4C3)C[C@H]21. The first kappa shape index (κ1) is 17.9. The number of hydrogen-bond donors (Lipinski definition) is 0. The summed E-state index contributed by atoms with van der Waals surface area (Å²) in [6.45, 7) is 2.23. The number of amides is 1. The van der Waals surface area contributed by atoms with Gasteiger partial charge in [0.05, 0.1) is 25.0 Å². The molecule has 4 rings (SSSR count). The van der Waals surface area contributed by atoms with Crippen LogP contribution >= 0.6 is 0 Å². The summed E-state index contributed by atoms with van der Waals surface area (Å²) in [7, 11) is -3.28. The van der Waals surface area contributed by atoms with Gasteiger partial charge in [-0.25, -0.2) is 8.42 Å². The second-order valence-electron chi connectivity index (χ2n) is 7.64. The van der Waals surface area contributed by atoms with E-state index < -0.39 is 10.0 Å². The van der Waals surface area contributed by atoms with Crippen LogP contribution in [0.25, 0.3) is 0 Å². The van der Waals surface area contributed by atoms with Gasteiger partial charge in [0.25, 0.3) is 0 Å². The van der Waals surface area contributed by atoms with Crippen LogP contribution in [-0.4, -0.2) is 61.6 Å². The number of fused-ring (bicyclic) bond motifs is 2. The summed E-state index contributed by atoms with van der Waals surface area (Å²) >= 11 is 0. The van der Waals surface area contributed by atoms with Gasteiger partial charge in [-0.2, -0.15) is 4.31 Å². The molecular formula is C19H26N2O4S. The molecule has 3 aliphatic rings. The Labute approximate surface area is 155 Å². The van der Waals surface area contributed by atoms with E-state index in [1.165, 1.54) is 17.4 Å². The molecule has 3 atom stereocenters. The van der Waals surface area contributed by atoms with E-state index >= 15 is 0 Å². The smallest absolute Gasteiger partial charge is 0.226 e. The zero-order chi connectivity index (χ0) is 18.3. The third-order valence-electron chi connectivity index (χ3n) is 5.99. The zero-order valence-electron chi connectivity index (χ0n) is 15.1. The molecule has 1 amide bonds. The molecule has 0 aromatic heterocycles. The molecule has 2 heterocycles. The van der Waals surface area contributed by atoms with Gasteiger partial charge in [0.15, 0.2) is 0 Å². The molecule has 142 valence electrons. The standard InChI is InChI=1S/C19H26N2O4S/c1-26(23,24)21-10-11-25-18-7-6-15(12-17(18)21)19(22)20-9-8-14-4-2-3-5-16(14)13-20/h2-5,15,17-18H,6-13H2,1H3/t15-,17+,18+/m0/s1. The second-order valence-corrected chi connectivity index (χ2v) is 9.57. The van der Waals surface area contributed by atoms with Gasteiger partial charge in [-0.1, -0.05) is 24.3 Å². The van der Waals surface area contributed by atoms with Gasteiger partial charge in [0, 0.05) is 25.6 Å². The quantitative estimate of drug-likeness (QED) is 0.780. The number of carbonyl (C=O) groups is 1. The van der Waals surface area contributed by atoms with E-state index in [2.05, 4.69) is 12.1 Å². The van der Waals surface area contributed by atoms with Crippen LogP contribution in [-0.2, 0) is 32.5 Å². The van der Waals surface area contributed by atoms with Crippen molar-refractivity contribution in [3.05, 3.63) is 35.4 Å². The first-order valence-electron chi connectivity index (χ1n) is 9.37. The molecule has 7 heteroatoms. The van der Waals surface area contributed by atoms with E-state index in [9.17, 15) is 13.2 Å². The van der Waals surface area contributed by atoms with E-state index in [1.807, 2.05) is 17.0 Å². The first-order valence-corrected chi connectivity index (χ1v) is 11.2. The average Bonchev–Trinajstić information content (AvgIpc) is 2.65. The second kappa shape index (κ2) is 6.94. The fourth-order valence-corrected chi connectivity index (χ4v) is 5.77. The van der Waals surface area contributed by atoms with Gasteiger partial charge in [-0.3, -0.25) is 4.79 Å². The van der Waals surface area contributed by atoms with Crippen LogP contribution in [0.5, 0.6) is 0 Å². The molecule has 1 saturated carbocycles. The lowest BCUT2D eigenvalue weighted by atomic mass is 9.82. The van der Waals surface area contributed by atoms with Crippen molar-refractivity contribution in [3.63, 3.8) is 0 Å². The van der Waals surface area contributed by atoms with Crippen LogP contribution in [0.1, 0.15) is 30.4 Å². The van der Waals surface area contributed by atoms with Crippen molar-refractivity contribution in [2.45, 2.75) is 44.4 Å². The molecule has 2 fully saturated rings. The molecule has 1 saturated heterocycles. The van der Waals surface area contributed by atoms with Gasteiger partial charge in [-0.05, 0) is 36.8 Å². The lowest BCUT2D eigenvalue weighted by Crippen LogP contribution is -2.57. The van der Waals surface area contributed by atoms with Crippen molar-refractivity contribution in [1.29, 1.82) is 0 Å². The Morgan fingerprint density at radius 3 is 2.69 bits per heavy atom. The molecule has 6 nitrogen and oxygen atoms in total. The maximum atomic E-state index is 13.1. The van der Waals surface area contributed by atoms with Crippen LogP contribution in [0.4, 0.5) is 0 Å². The highest BCUT2D eigenvalue weighted by molar-refractivity contribution is 7.88. The van der Waals surface area contributed by atoms with Gasteiger partial charge >= 0.3 is 0 Å². The molecule has 0 bridgehead atoms. The minimum atomic E-state index is -3.28. The maximum absolute atomic E-state index is 13.1. The third kappa shape index (κ3) is 3.40. The average molecular weight is 378 g/mol. The van der Waals surface area contributed by atoms with Crippen molar-refractivity contribution in [1.82, 2.24) is 9.21 Å². The number of rotatable bonds is 2. The van der Waals surface area contributed by atoms with Crippen LogP contribution in [0.3, 0.4) is 0 Å². The topological polar surface area (TPSA) is 66.9 Å². The summed E-state index contributed by atoms with van der Waals surface area (Å²) in [5.41, 5.74) is 2.55. The number of sulfonamides is 1. The van der Waals surface area contributed by atoms with Crippen molar-refractivity contribution in [2.24, 2.45) is 5.92 Å². The van der Waals surface area contributed by atoms with Crippen LogP contribution in [0.2, 0.25) is 0 Å². The number of benzene rings is 1. The zero-order valence-corrected chi connectivity index (χ0v) is 16.0. The molecule has 0 radical (unpaired) electrons. The van der Waals surface area contributed by atoms with Crippen molar-refractivity contribution < 1.29 is 17.9 Å². The maximum Gasteiger partial charge on any atom is 0.226 e. The molecule has 1 aromatic rings. The first-order chi connectivity index (χ1) is 12.4. The highest BCUT2D eigenvalue weighted by Gasteiger charge is 2.44. The number of ether oxygens (including phenoxy) is 1. The Bertz CT molecular complexity index is 794. The molecule has 1 aliphatic carbocycles. The van der Waals surface area contributed by atoms with E-state index in [1.54, 1.807) is 4.31 Å². The Hall–Kier alpha value is -1.44. The lowest BCUT2D eigenvalue weighted by Gasteiger charge is -2.45. The monoisotopic (exact) mass is 378 g/mol. The predicted octanol–water partition coefficient (Wildman–Crippen LogP) is 1.40. The predicted molar refractivity (Wildman–Crippen MR) is 98.0 cm³/mol. The largest absolute Gasteiger partial charge is 0.375 e. The molecular weight excluding hydrogens is 352 g/mol. The highest BCUT2D eigenvalue weighted by Crippen LogP contribution is 2.35. The minimum absolute atomic E-state index is 0.0791. The van der Waals surface area contributed by atoms with Crippen LogP contribution < -0.4 is 0 Å². The Morgan fingerprint density at radius 2 is 1.92 bits per heavy atom. The minimum Gasteiger partial charge on any atom is -0.375 e. The fraction of sp³-hybridized carbons (Fsp3) is 0.632. The van der Waals surface area contributed by atoms with E-state index in [0.29, 0.717) is 26.1 Å². The van der Waals surface area contributed by atoms with E-state index in [4.69, 9.17) is 4.74 Å².